The lowest BCUT2D eigenvalue weighted by atomic mass is 9.77. The van der Waals surface area contributed by atoms with Gasteiger partial charge in [-0.25, -0.2) is 0 Å². The average molecular weight is 240 g/mol. The Labute approximate surface area is 105 Å². The first-order chi connectivity index (χ1) is 7.18. The third-order valence-electron chi connectivity index (χ3n) is 3.62. The van der Waals surface area contributed by atoms with Gasteiger partial charge in [0.25, 0.3) is 0 Å². The minimum Gasteiger partial charge on any atom is -0.324 e. The largest absolute Gasteiger partial charge is 0.324 e. The number of halogens is 1. The topological polar surface area (TPSA) is 26.0 Å². The van der Waals surface area contributed by atoms with E-state index in [4.69, 9.17) is 5.73 Å². The first kappa shape index (κ1) is 13.5. The Morgan fingerprint density at radius 2 is 1.81 bits per heavy atom. The molecule has 0 saturated heterocycles. The molecule has 0 aromatic heterocycles. The van der Waals surface area contributed by atoms with E-state index in [0.29, 0.717) is 5.92 Å². The fourth-order valence-electron chi connectivity index (χ4n) is 2.20. The van der Waals surface area contributed by atoms with Crippen molar-refractivity contribution in [2.24, 2.45) is 11.7 Å². The SMILES string of the molecule is CC(C)c1cccc([C@@H](N)C2CCC2)c1.Cl. The van der Waals surface area contributed by atoms with Gasteiger partial charge in [0.1, 0.15) is 0 Å². The van der Waals surface area contributed by atoms with Crippen LogP contribution in [0.3, 0.4) is 0 Å². The van der Waals surface area contributed by atoms with E-state index >= 15 is 0 Å². The lowest BCUT2D eigenvalue weighted by Crippen LogP contribution is -2.26. The van der Waals surface area contributed by atoms with Crippen molar-refractivity contribution in [2.45, 2.75) is 45.1 Å². The smallest absolute Gasteiger partial charge is 0.0323 e. The minimum absolute atomic E-state index is 0. The van der Waals surface area contributed by atoms with Gasteiger partial charge >= 0.3 is 0 Å². The Morgan fingerprint density at radius 1 is 1.19 bits per heavy atom. The zero-order chi connectivity index (χ0) is 10.8. The normalized spacial score (nSPS) is 17.8. The van der Waals surface area contributed by atoms with Crippen molar-refractivity contribution in [1.82, 2.24) is 0 Å². The van der Waals surface area contributed by atoms with Crippen molar-refractivity contribution < 1.29 is 0 Å². The standard InChI is InChI=1S/C14H21N.ClH/c1-10(2)12-7-4-8-13(9-12)14(15)11-5-3-6-11;/h4,7-11,14H,3,5-6,15H2,1-2H3;1H/t14-;/m0./s1. The van der Waals surface area contributed by atoms with E-state index in [1.807, 2.05) is 0 Å². The van der Waals surface area contributed by atoms with Gasteiger partial charge in [-0.05, 0) is 35.8 Å². The van der Waals surface area contributed by atoms with Gasteiger partial charge in [-0.3, -0.25) is 0 Å². The van der Waals surface area contributed by atoms with E-state index in [1.165, 1.54) is 30.4 Å². The third-order valence-corrected chi connectivity index (χ3v) is 3.62. The average Bonchev–Trinajstić information content (AvgIpc) is 2.15. The molecule has 2 N–H and O–H groups in total. The van der Waals surface area contributed by atoms with Crippen LogP contribution in [0.25, 0.3) is 0 Å². The van der Waals surface area contributed by atoms with Gasteiger partial charge in [0, 0.05) is 6.04 Å². The Kier molecular flexibility index (Phi) is 4.82. The highest BCUT2D eigenvalue weighted by Crippen LogP contribution is 2.36. The summed E-state index contributed by atoms with van der Waals surface area (Å²) in [5.41, 5.74) is 9.00. The molecule has 0 amide bonds. The van der Waals surface area contributed by atoms with Crippen LogP contribution in [0, 0.1) is 5.92 Å². The van der Waals surface area contributed by atoms with Crippen molar-refractivity contribution in [3.63, 3.8) is 0 Å². The van der Waals surface area contributed by atoms with Crippen LogP contribution in [0.5, 0.6) is 0 Å². The summed E-state index contributed by atoms with van der Waals surface area (Å²) in [7, 11) is 0. The second-order valence-corrected chi connectivity index (χ2v) is 5.04. The van der Waals surface area contributed by atoms with Gasteiger partial charge < -0.3 is 5.73 Å². The molecule has 90 valence electrons. The highest BCUT2D eigenvalue weighted by molar-refractivity contribution is 5.85. The highest BCUT2D eigenvalue weighted by Gasteiger charge is 2.25. The van der Waals surface area contributed by atoms with Crippen LogP contribution in [-0.2, 0) is 0 Å². The van der Waals surface area contributed by atoms with Crippen molar-refractivity contribution >= 4 is 12.4 Å². The fraction of sp³-hybridized carbons (Fsp3) is 0.571. The Hall–Kier alpha value is -0.530. The van der Waals surface area contributed by atoms with E-state index in [1.54, 1.807) is 0 Å². The van der Waals surface area contributed by atoms with E-state index in [0.717, 1.165) is 5.92 Å². The van der Waals surface area contributed by atoms with Gasteiger partial charge in [-0.1, -0.05) is 44.5 Å². The molecule has 1 saturated carbocycles. The summed E-state index contributed by atoms with van der Waals surface area (Å²) < 4.78 is 0. The zero-order valence-electron chi connectivity index (χ0n) is 10.1. The highest BCUT2D eigenvalue weighted by atomic mass is 35.5. The summed E-state index contributed by atoms with van der Waals surface area (Å²) in [6.07, 6.45) is 3.99. The maximum atomic E-state index is 6.27. The maximum absolute atomic E-state index is 6.27. The molecule has 1 atom stereocenters. The number of benzene rings is 1. The summed E-state index contributed by atoms with van der Waals surface area (Å²) in [6, 6.07) is 9.06. The van der Waals surface area contributed by atoms with E-state index < -0.39 is 0 Å². The Morgan fingerprint density at radius 3 is 2.31 bits per heavy atom. The Balaban J connectivity index is 0.00000128. The molecule has 2 heteroatoms. The number of nitrogens with two attached hydrogens (primary N) is 1. The van der Waals surface area contributed by atoms with Crippen LogP contribution >= 0.6 is 12.4 Å². The van der Waals surface area contributed by atoms with E-state index in [2.05, 4.69) is 38.1 Å². The fourth-order valence-corrected chi connectivity index (χ4v) is 2.20. The van der Waals surface area contributed by atoms with Gasteiger partial charge in [-0.15, -0.1) is 12.4 Å². The molecule has 1 aromatic carbocycles. The number of hydrogen-bond donors (Lipinski definition) is 1. The summed E-state index contributed by atoms with van der Waals surface area (Å²) in [5, 5.41) is 0. The quantitative estimate of drug-likeness (QED) is 0.847. The molecule has 1 fully saturated rings. The molecule has 0 radical (unpaired) electrons. The van der Waals surface area contributed by atoms with Crippen LogP contribution in [-0.4, -0.2) is 0 Å². The van der Waals surface area contributed by atoms with Gasteiger partial charge in [0.05, 0.1) is 0 Å². The number of rotatable bonds is 3. The first-order valence-corrected chi connectivity index (χ1v) is 6.04. The van der Waals surface area contributed by atoms with Crippen molar-refractivity contribution in [3.05, 3.63) is 35.4 Å². The predicted octanol–water partition coefficient (Wildman–Crippen LogP) is 4.03. The third kappa shape index (κ3) is 2.78. The molecule has 2 rings (SSSR count). The molecule has 0 unspecified atom stereocenters. The van der Waals surface area contributed by atoms with Crippen LogP contribution in [0.15, 0.2) is 24.3 Å². The minimum atomic E-state index is 0. The van der Waals surface area contributed by atoms with E-state index in [-0.39, 0.29) is 18.4 Å². The van der Waals surface area contributed by atoms with Crippen LogP contribution < -0.4 is 5.73 Å². The van der Waals surface area contributed by atoms with Gasteiger partial charge in [0.2, 0.25) is 0 Å². The first-order valence-electron chi connectivity index (χ1n) is 6.04. The molecular formula is C14H22ClN. The number of hydrogen-bond acceptors (Lipinski definition) is 1. The van der Waals surface area contributed by atoms with Crippen molar-refractivity contribution in [3.8, 4) is 0 Å². The second-order valence-electron chi connectivity index (χ2n) is 5.04. The molecule has 1 aromatic rings. The van der Waals surface area contributed by atoms with Crippen molar-refractivity contribution in [1.29, 1.82) is 0 Å². The van der Waals surface area contributed by atoms with Crippen LogP contribution in [0.2, 0.25) is 0 Å². The molecule has 0 bridgehead atoms. The molecule has 0 aliphatic heterocycles. The summed E-state index contributed by atoms with van der Waals surface area (Å²) in [5.74, 6) is 1.32. The van der Waals surface area contributed by atoms with E-state index in [9.17, 15) is 0 Å². The van der Waals surface area contributed by atoms with Gasteiger partial charge in [-0.2, -0.15) is 0 Å². The monoisotopic (exact) mass is 239 g/mol. The molecular weight excluding hydrogens is 218 g/mol. The molecule has 1 nitrogen and oxygen atoms in total. The zero-order valence-corrected chi connectivity index (χ0v) is 11.0. The molecule has 1 aliphatic carbocycles. The molecule has 0 heterocycles. The maximum Gasteiger partial charge on any atom is 0.0323 e. The lowest BCUT2D eigenvalue weighted by Gasteiger charge is -2.31. The Bertz CT molecular complexity index is 331. The summed E-state index contributed by atoms with van der Waals surface area (Å²) in [6.45, 7) is 4.46. The molecule has 16 heavy (non-hydrogen) atoms. The summed E-state index contributed by atoms with van der Waals surface area (Å²) in [4.78, 5) is 0. The lowest BCUT2D eigenvalue weighted by molar-refractivity contribution is 0.264. The van der Waals surface area contributed by atoms with Gasteiger partial charge in [0.15, 0.2) is 0 Å². The second kappa shape index (κ2) is 5.70. The van der Waals surface area contributed by atoms with Crippen LogP contribution in [0.1, 0.15) is 56.2 Å². The van der Waals surface area contributed by atoms with Crippen LogP contribution in [0.4, 0.5) is 0 Å². The molecule has 0 spiro atoms. The van der Waals surface area contributed by atoms with Crippen molar-refractivity contribution in [2.75, 3.05) is 0 Å². The summed E-state index contributed by atoms with van der Waals surface area (Å²) >= 11 is 0. The predicted molar refractivity (Wildman–Crippen MR) is 72.0 cm³/mol. The molecule has 1 aliphatic rings.